The first-order valence-electron chi connectivity index (χ1n) is 4.46. The summed E-state index contributed by atoms with van der Waals surface area (Å²) in [4.78, 5) is 0. The van der Waals surface area contributed by atoms with Crippen molar-refractivity contribution in [3.8, 4) is 0 Å². The minimum atomic E-state index is -0.903. The Morgan fingerprint density at radius 2 is 1.71 bits per heavy atom. The van der Waals surface area contributed by atoms with Crippen LogP contribution < -0.4 is 5.73 Å². The van der Waals surface area contributed by atoms with E-state index in [0.29, 0.717) is 11.1 Å². The first-order chi connectivity index (χ1) is 6.69. The Morgan fingerprint density at radius 1 is 1.14 bits per heavy atom. The lowest BCUT2D eigenvalue weighted by Gasteiger charge is -2.12. The van der Waals surface area contributed by atoms with Crippen molar-refractivity contribution >= 4 is 0 Å². The number of hydrogen-bond donors (Lipinski definition) is 4. The number of rotatable bonds is 4. The average Bonchev–Trinajstić information content (AvgIpc) is 2.27. The van der Waals surface area contributed by atoms with Gasteiger partial charge in [0.15, 0.2) is 0 Å². The Bertz CT molecular complexity index is 265. The second kappa shape index (κ2) is 5.07. The molecule has 4 heteroatoms. The average molecular weight is 197 g/mol. The lowest BCUT2D eigenvalue weighted by Crippen LogP contribution is -2.12. The summed E-state index contributed by atoms with van der Waals surface area (Å²) in [5.41, 5.74) is 6.53. The van der Waals surface area contributed by atoms with Gasteiger partial charge in [-0.15, -0.1) is 0 Å². The molecule has 0 bridgehead atoms. The lowest BCUT2D eigenvalue weighted by atomic mass is 10.0. The molecular weight excluding hydrogens is 182 g/mol. The zero-order valence-corrected chi connectivity index (χ0v) is 7.80. The molecule has 78 valence electrons. The van der Waals surface area contributed by atoms with Gasteiger partial charge in [-0.05, 0) is 11.1 Å². The summed E-state index contributed by atoms with van der Waals surface area (Å²) in [5, 5.41) is 27.5. The molecule has 1 aromatic rings. The summed E-state index contributed by atoms with van der Waals surface area (Å²) in [6.07, 6.45) is -1.62. The van der Waals surface area contributed by atoms with Crippen LogP contribution in [0.25, 0.3) is 0 Å². The van der Waals surface area contributed by atoms with Crippen LogP contribution in [-0.4, -0.2) is 28.5 Å². The maximum Gasteiger partial charge on any atom is 0.102 e. The van der Waals surface area contributed by atoms with Gasteiger partial charge in [0.05, 0.1) is 12.7 Å². The molecule has 0 radical (unpaired) electrons. The van der Waals surface area contributed by atoms with Gasteiger partial charge >= 0.3 is 0 Å². The van der Waals surface area contributed by atoms with E-state index in [4.69, 9.17) is 10.8 Å². The van der Waals surface area contributed by atoms with Gasteiger partial charge in [0, 0.05) is 6.54 Å². The van der Waals surface area contributed by atoms with Crippen molar-refractivity contribution < 1.29 is 15.3 Å². The van der Waals surface area contributed by atoms with Crippen LogP contribution in [0.15, 0.2) is 24.3 Å². The standard InChI is InChI=1S/C10H15NO3/c11-5-9(13)7-2-1-3-8(4-7)10(14)6-12/h1-4,9-10,12-14H,5-6,11H2. The molecule has 1 rings (SSSR count). The Morgan fingerprint density at radius 3 is 2.21 bits per heavy atom. The fourth-order valence-electron chi connectivity index (χ4n) is 1.22. The van der Waals surface area contributed by atoms with Gasteiger partial charge in [-0.2, -0.15) is 0 Å². The highest BCUT2D eigenvalue weighted by atomic mass is 16.3. The zero-order chi connectivity index (χ0) is 10.6. The fourth-order valence-corrected chi connectivity index (χ4v) is 1.22. The molecule has 4 nitrogen and oxygen atoms in total. The monoisotopic (exact) mass is 197 g/mol. The van der Waals surface area contributed by atoms with Crippen LogP contribution in [-0.2, 0) is 0 Å². The summed E-state index contributed by atoms with van der Waals surface area (Å²) in [6.45, 7) is -0.194. The maximum atomic E-state index is 9.44. The number of hydrogen-bond acceptors (Lipinski definition) is 4. The van der Waals surface area contributed by atoms with Gasteiger partial charge in [0.2, 0.25) is 0 Å². The molecule has 0 saturated heterocycles. The Kier molecular flexibility index (Phi) is 4.03. The first kappa shape index (κ1) is 11.1. The molecule has 0 spiro atoms. The van der Waals surface area contributed by atoms with Crippen LogP contribution in [0.1, 0.15) is 23.3 Å². The van der Waals surface area contributed by atoms with Crippen molar-refractivity contribution in [2.75, 3.05) is 13.2 Å². The Balaban J connectivity index is 2.89. The third kappa shape index (κ3) is 2.52. The Labute approximate surface area is 82.6 Å². The molecule has 5 N–H and O–H groups in total. The van der Waals surface area contributed by atoms with Crippen molar-refractivity contribution in [3.05, 3.63) is 35.4 Å². The van der Waals surface area contributed by atoms with Crippen molar-refractivity contribution in [1.82, 2.24) is 0 Å². The maximum absolute atomic E-state index is 9.44. The van der Waals surface area contributed by atoms with E-state index in [1.165, 1.54) is 0 Å². The van der Waals surface area contributed by atoms with Gasteiger partial charge in [-0.25, -0.2) is 0 Å². The van der Waals surface area contributed by atoms with Gasteiger partial charge in [0.1, 0.15) is 6.10 Å². The molecule has 0 saturated carbocycles. The topological polar surface area (TPSA) is 86.7 Å². The van der Waals surface area contributed by atoms with E-state index in [9.17, 15) is 10.2 Å². The first-order valence-corrected chi connectivity index (χ1v) is 4.46. The number of nitrogens with two attached hydrogens (primary N) is 1. The molecule has 0 heterocycles. The van der Waals surface area contributed by atoms with E-state index in [1.807, 2.05) is 0 Å². The quantitative estimate of drug-likeness (QED) is 0.534. The van der Waals surface area contributed by atoms with Crippen LogP contribution in [0.3, 0.4) is 0 Å². The highest BCUT2D eigenvalue weighted by molar-refractivity contribution is 5.26. The molecule has 0 aliphatic heterocycles. The molecule has 2 atom stereocenters. The van der Waals surface area contributed by atoms with Crippen LogP contribution >= 0.6 is 0 Å². The van der Waals surface area contributed by atoms with E-state index in [0.717, 1.165) is 0 Å². The summed E-state index contributed by atoms with van der Waals surface area (Å²) >= 11 is 0. The molecule has 0 aliphatic carbocycles. The smallest absolute Gasteiger partial charge is 0.102 e. The second-order valence-corrected chi connectivity index (χ2v) is 3.12. The molecule has 0 aliphatic rings. The number of aliphatic hydroxyl groups excluding tert-OH is 3. The molecule has 1 aromatic carbocycles. The van der Waals surface area contributed by atoms with Gasteiger partial charge in [-0.3, -0.25) is 0 Å². The third-order valence-electron chi connectivity index (χ3n) is 2.08. The minimum absolute atomic E-state index is 0.138. The van der Waals surface area contributed by atoms with Crippen molar-refractivity contribution in [1.29, 1.82) is 0 Å². The van der Waals surface area contributed by atoms with E-state index in [1.54, 1.807) is 24.3 Å². The third-order valence-corrected chi connectivity index (χ3v) is 2.08. The summed E-state index contributed by atoms with van der Waals surface area (Å²) in [7, 11) is 0. The predicted molar refractivity (Wildman–Crippen MR) is 52.5 cm³/mol. The van der Waals surface area contributed by atoms with Gasteiger partial charge in [0.25, 0.3) is 0 Å². The van der Waals surface area contributed by atoms with Crippen molar-refractivity contribution in [2.45, 2.75) is 12.2 Å². The van der Waals surface area contributed by atoms with Crippen LogP contribution in [0.4, 0.5) is 0 Å². The van der Waals surface area contributed by atoms with E-state index in [2.05, 4.69) is 0 Å². The second-order valence-electron chi connectivity index (χ2n) is 3.12. The van der Waals surface area contributed by atoms with Gasteiger partial charge < -0.3 is 21.1 Å². The number of benzene rings is 1. The van der Waals surface area contributed by atoms with Crippen molar-refractivity contribution in [3.63, 3.8) is 0 Å². The number of aliphatic hydroxyl groups is 3. The van der Waals surface area contributed by atoms with E-state index in [-0.39, 0.29) is 13.2 Å². The predicted octanol–water partition coefficient (Wildman–Crippen LogP) is -0.296. The molecular formula is C10H15NO3. The molecule has 14 heavy (non-hydrogen) atoms. The summed E-state index contributed by atoms with van der Waals surface area (Å²) in [5.74, 6) is 0. The zero-order valence-electron chi connectivity index (χ0n) is 7.80. The largest absolute Gasteiger partial charge is 0.393 e. The van der Waals surface area contributed by atoms with Crippen LogP contribution in [0.5, 0.6) is 0 Å². The van der Waals surface area contributed by atoms with Gasteiger partial charge in [-0.1, -0.05) is 24.3 Å². The van der Waals surface area contributed by atoms with Crippen molar-refractivity contribution in [2.24, 2.45) is 5.73 Å². The summed E-state index contributed by atoms with van der Waals surface area (Å²) < 4.78 is 0. The minimum Gasteiger partial charge on any atom is -0.393 e. The van der Waals surface area contributed by atoms with Crippen LogP contribution in [0.2, 0.25) is 0 Å². The Hall–Kier alpha value is -0.940. The van der Waals surface area contributed by atoms with Crippen LogP contribution in [0, 0.1) is 0 Å². The molecule has 0 aromatic heterocycles. The normalized spacial score (nSPS) is 15.1. The molecule has 0 amide bonds. The highest BCUT2D eigenvalue weighted by Crippen LogP contribution is 2.18. The summed E-state index contributed by atoms with van der Waals surface area (Å²) in [6, 6.07) is 6.76. The van der Waals surface area contributed by atoms with E-state index >= 15 is 0 Å². The van der Waals surface area contributed by atoms with E-state index < -0.39 is 12.2 Å². The molecule has 2 unspecified atom stereocenters. The SMILES string of the molecule is NCC(O)c1cccc(C(O)CO)c1. The molecule has 0 fully saturated rings. The lowest BCUT2D eigenvalue weighted by molar-refractivity contribution is 0.0952. The highest BCUT2D eigenvalue weighted by Gasteiger charge is 2.09. The fraction of sp³-hybridized carbons (Fsp3) is 0.400.